The van der Waals surface area contributed by atoms with Gasteiger partial charge in [-0.3, -0.25) is 0 Å². The molecule has 0 aromatic heterocycles. The molecule has 14 heavy (non-hydrogen) atoms. The molecule has 2 fully saturated rings. The summed E-state index contributed by atoms with van der Waals surface area (Å²) in [4.78, 5) is 2.43. The van der Waals surface area contributed by atoms with Gasteiger partial charge < -0.3 is 14.7 Å². The highest BCUT2D eigenvalue weighted by Gasteiger charge is 2.25. The zero-order valence-electron chi connectivity index (χ0n) is 8.82. The molecular weight excluding hydrogens is 178 g/mol. The zero-order chi connectivity index (χ0) is 9.80. The number of aliphatic hydroxyl groups is 1. The molecule has 2 rings (SSSR count). The van der Waals surface area contributed by atoms with Crippen LogP contribution >= 0.6 is 0 Å². The van der Waals surface area contributed by atoms with Crippen molar-refractivity contribution in [2.24, 2.45) is 5.92 Å². The van der Waals surface area contributed by atoms with Crippen molar-refractivity contribution < 1.29 is 9.84 Å². The van der Waals surface area contributed by atoms with Crippen molar-refractivity contribution in [2.45, 2.75) is 31.8 Å². The SMILES string of the molecule is OCC1CN(CCCC2CCCO2)C1. The summed E-state index contributed by atoms with van der Waals surface area (Å²) in [5.41, 5.74) is 0. The van der Waals surface area contributed by atoms with Gasteiger partial charge in [0.1, 0.15) is 0 Å². The molecule has 1 unspecified atom stereocenters. The highest BCUT2D eigenvalue weighted by molar-refractivity contribution is 4.79. The number of rotatable bonds is 5. The molecule has 0 saturated carbocycles. The Morgan fingerprint density at radius 1 is 1.36 bits per heavy atom. The summed E-state index contributed by atoms with van der Waals surface area (Å²) in [6.07, 6.45) is 5.54. The molecule has 0 radical (unpaired) electrons. The third kappa shape index (κ3) is 2.69. The summed E-state index contributed by atoms with van der Waals surface area (Å²) in [6, 6.07) is 0. The zero-order valence-corrected chi connectivity index (χ0v) is 8.82. The number of likely N-dealkylation sites (tertiary alicyclic amines) is 1. The van der Waals surface area contributed by atoms with Gasteiger partial charge in [-0.1, -0.05) is 0 Å². The number of hydrogen-bond acceptors (Lipinski definition) is 3. The largest absolute Gasteiger partial charge is 0.396 e. The Kier molecular flexibility index (Phi) is 3.79. The van der Waals surface area contributed by atoms with E-state index in [1.165, 1.54) is 32.2 Å². The fraction of sp³-hybridized carbons (Fsp3) is 1.00. The maximum atomic E-state index is 8.86. The first-order chi connectivity index (χ1) is 6.88. The number of hydrogen-bond donors (Lipinski definition) is 1. The van der Waals surface area contributed by atoms with Gasteiger partial charge >= 0.3 is 0 Å². The topological polar surface area (TPSA) is 32.7 Å². The van der Waals surface area contributed by atoms with Crippen LogP contribution in [0.1, 0.15) is 25.7 Å². The van der Waals surface area contributed by atoms with Crippen LogP contribution in [0.2, 0.25) is 0 Å². The standard InChI is InChI=1S/C11H21NO2/c13-9-10-7-12(8-10)5-1-3-11-4-2-6-14-11/h10-11,13H,1-9H2. The Labute approximate surface area is 86.0 Å². The highest BCUT2D eigenvalue weighted by Crippen LogP contribution is 2.19. The maximum absolute atomic E-state index is 8.86. The van der Waals surface area contributed by atoms with Gasteiger partial charge in [0, 0.05) is 32.2 Å². The lowest BCUT2D eigenvalue weighted by Gasteiger charge is -2.38. The molecule has 2 aliphatic heterocycles. The van der Waals surface area contributed by atoms with Gasteiger partial charge in [-0.2, -0.15) is 0 Å². The van der Waals surface area contributed by atoms with Crippen LogP contribution in [0.25, 0.3) is 0 Å². The van der Waals surface area contributed by atoms with Crippen LogP contribution in [0.5, 0.6) is 0 Å². The Bertz CT molecular complexity index is 163. The quantitative estimate of drug-likeness (QED) is 0.713. The minimum Gasteiger partial charge on any atom is -0.396 e. The molecule has 1 atom stereocenters. The van der Waals surface area contributed by atoms with E-state index in [9.17, 15) is 0 Å². The van der Waals surface area contributed by atoms with E-state index < -0.39 is 0 Å². The van der Waals surface area contributed by atoms with E-state index in [-0.39, 0.29) is 0 Å². The molecule has 0 bridgehead atoms. The molecule has 0 aromatic carbocycles. The summed E-state index contributed by atoms with van der Waals surface area (Å²) in [5, 5.41) is 8.86. The average molecular weight is 199 g/mol. The van der Waals surface area contributed by atoms with Crippen molar-refractivity contribution in [1.29, 1.82) is 0 Å². The Balaban J connectivity index is 1.47. The van der Waals surface area contributed by atoms with Gasteiger partial charge in [-0.25, -0.2) is 0 Å². The van der Waals surface area contributed by atoms with Crippen LogP contribution in [0.4, 0.5) is 0 Å². The van der Waals surface area contributed by atoms with Crippen LogP contribution in [0.3, 0.4) is 0 Å². The lowest BCUT2D eigenvalue weighted by atomic mass is 10.0. The fourth-order valence-corrected chi connectivity index (χ4v) is 2.39. The summed E-state index contributed by atoms with van der Waals surface area (Å²) < 4.78 is 5.57. The van der Waals surface area contributed by atoms with Crippen molar-refractivity contribution >= 4 is 0 Å². The Morgan fingerprint density at radius 2 is 2.21 bits per heavy atom. The summed E-state index contributed by atoms with van der Waals surface area (Å²) >= 11 is 0. The van der Waals surface area contributed by atoms with E-state index in [0.717, 1.165) is 19.7 Å². The first-order valence-electron chi connectivity index (χ1n) is 5.83. The van der Waals surface area contributed by atoms with Crippen molar-refractivity contribution in [3.63, 3.8) is 0 Å². The van der Waals surface area contributed by atoms with E-state index >= 15 is 0 Å². The molecule has 1 N–H and O–H groups in total. The molecule has 82 valence electrons. The summed E-state index contributed by atoms with van der Waals surface area (Å²) in [5.74, 6) is 0.553. The van der Waals surface area contributed by atoms with Crippen LogP contribution in [0, 0.1) is 5.92 Å². The van der Waals surface area contributed by atoms with Crippen LogP contribution in [0.15, 0.2) is 0 Å². The van der Waals surface area contributed by atoms with Gasteiger partial charge in [0.25, 0.3) is 0 Å². The van der Waals surface area contributed by atoms with Gasteiger partial charge in [-0.15, -0.1) is 0 Å². The van der Waals surface area contributed by atoms with E-state index in [2.05, 4.69) is 4.90 Å². The predicted octanol–water partition coefficient (Wildman–Crippen LogP) is 0.870. The van der Waals surface area contributed by atoms with Gasteiger partial charge in [0.2, 0.25) is 0 Å². The lowest BCUT2D eigenvalue weighted by Crippen LogP contribution is -2.48. The average Bonchev–Trinajstić information content (AvgIpc) is 2.61. The normalized spacial score (nSPS) is 29.4. The van der Waals surface area contributed by atoms with Crippen LogP contribution < -0.4 is 0 Å². The summed E-state index contributed by atoms with van der Waals surface area (Å²) in [7, 11) is 0. The molecule has 3 nitrogen and oxygen atoms in total. The lowest BCUT2D eigenvalue weighted by molar-refractivity contribution is 0.0460. The summed E-state index contributed by atoms with van der Waals surface area (Å²) in [6.45, 7) is 4.73. The molecule has 2 aliphatic rings. The maximum Gasteiger partial charge on any atom is 0.0576 e. The molecular formula is C11H21NO2. The van der Waals surface area contributed by atoms with E-state index in [4.69, 9.17) is 9.84 Å². The monoisotopic (exact) mass is 199 g/mol. The number of nitrogens with zero attached hydrogens (tertiary/aromatic N) is 1. The van der Waals surface area contributed by atoms with Crippen LogP contribution in [-0.4, -0.2) is 49.0 Å². The molecule has 0 aromatic rings. The first-order valence-corrected chi connectivity index (χ1v) is 5.83. The third-order valence-electron chi connectivity index (χ3n) is 3.32. The van der Waals surface area contributed by atoms with Crippen molar-refractivity contribution in [1.82, 2.24) is 4.90 Å². The molecule has 0 spiro atoms. The van der Waals surface area contributed by atoms with Crippen molar-refractivity contribution in [3.8, 4) is 0 Å². The molecule has 0 aliphatic carbocycles. The second-order valence-corrected chi connectivity index (χ2v) is 4.59. The van der Waals surface area contributed by atoms with Gasteiger partial charge in [-0.05, 0) is 32.2 Å². The van der Waals surface area contributed by atoms with E-state index in [0.29, 0.717) is 18.6 Å². The van der Waals surface area contributed by atoms with E-state index in [1.807, 2.05) is 0 Å². The molecule has 3 heteroatoms. The second-order valence-electron chi connectivity index (χ2n) is 4.59. The third-order valence-corrected chi connectivity index (χ3v) is 3.32. The highest BCUT2D eigenvalue weighted by atomic mass is 16.5. The minimum atomic E-state index is 0.363. The second kappa shape index (κ2) is 5.10. The number of aliphatic hydroxyl groups excluding tert-OH is 1. The van der Waals surface area contributed by atoms with Crippen LogP contribution in [-0.2, 0) is 4.74 Å². The first kappa shape index (κ1) is 10.4. The van der Waals surface area contributed by atoms with E-state index in [1.54, 1.807) is 0 Å². The Hall–Kier alpha value is -0.120. The van der Waals surface area contributed by atoms with Gasteiger partial charge in [0.05, 0.1) is 6.10 Å². The van der Waals surface area contributed by atoms with Crippen molar-refractivity contribution in [3.05, 3.63) is 0 Å². The minimum absolute atomic E-state index is 0.363. The fourth-order valence-electron chi connectivity index (χ4n) is 2.39. The van der Waals surface area contributed by atoms with Gasteiger partial charge in [0.15, 0.2) is 0 Å². The predicted molar refractivity (Wildman–Crippen MR) is 55.2 cm³/mol. The Morgan fingerprint density at radius 3 is 2.86 bits per heavy atom. The molecule has 0 amide bonds. The molecule has 2 saturated heterocycles. The number of ether oxygens (including phenoxy) is 1. The molecule has 2 heterocycles. The van der Waals surface area contributed by atoms with Crippen molar-refractivity contribution in [2.75, 3.05) is 32.8 Å². The smallest absolute Gasteiger partial charge is 0.0576 e.